The summed E-state index contributed by atoms with van der Waals surface area (Å²) in [6.45, 7) is 4.10. The molecule has 3 rings (SSSR count). The lowest BCUT2D eigenvalue weighted by molar-refractivity contribution is -0.460. The zero-order valence-corrected chi connectivity index (χ0v) is 29.1. The number of nitrogens with zero attached hydrogens (tertiary/aromatic N) is 4. The second-order valence-electron chi connectivity index (χ2n) is 12.7. The number of aromatic nitrogens is 2. The number of carboxylic acid groups (broad SMARTS) is 1. The number of hydrogen-bond donors (Lipinski definition) is 0. The number of carbonyl (C=O) groups is 1. The Balaban J connectivity index is 1.14. The Kier molecular flexibility index (Phi) is 21.5. The van der Waals surface area contributed by atoms with Gasteiger partial charge in [-0.1, -0.05) is 96.3 Å². The molecule has 46 heavy (non-hydrogen) atoms. The highest BCUT2D eigenvalue weighted by Crippen LogP contribution is 2.28. The fraction of sp³-hybridized carbons (Fsp3) is 0.778. The molecule has 10 heteroatoms. The first kappa shape index (κ1) is 38.3. The van der Waals surface area contributed by atoms with E-state index in [2.05, 4.69) is 14.9 Å². The topological polar surface area (TPSA) is 99.9 Å². The number of ether oxygens (including phenoxy) is 3. The number of aliphatic carboxylic acids is 1. The lowest BCUT2D eigenvalue weighted by atomic mass is 9.85. The molecule has 0 radical (unpaired) electrons. The SMILES string of the molecule is O=C([O-])CCC=[N+]1C=CN(CCOCCSCC(COCCCCCCCCCCCCC2CCCCC2)Oc2ncccn2)C1. The van der Waals surface area contributed by atoms with Crippen molar-refractivity contribution in [1.29, 1.82) is 0 Å². The molecule has 1 unspecified atom stereocenters. The minimum Gasteiger partial charge on any atom is -0.550 e. The first-order valence-electron chi connectivity index (χ1n) is 18.1. The molecule has 1 aliphatic carbocycles. The van der Waals surface area contributed by atoms with Crippen molar-refractivity contribution in [2.75, 3.05) is 51.1 Å². The quantitative estimate of drug-likeness (QED) is 0.0766. The van der Waals surface area contributed by atoms with Crippen LogP contribution in [0.1, 0.15) is 116 Å². The highest BCUT2D eigenvalue weighted by molar-refractivity contribution is 7.99. The Bertz CT molecular complexity index is 961. The van der Waals surface area contributed by atoms with Crippen molar-refractivity contribution in [1.82, 2.24) is 14.9 Å². The number of carbonyl (C=O) groups excluding carboxylic acids is 1. The van der Waals surface area contributed by atoms with E-state index in [1.165, 1.54) is 96.3 Å². The van der Waals surface area contributed by atoms with E-state index in [4.69, 9.17) is 14.2 Å². The fourth-order valence-corrected chi connectivity index (χ4v) is 6.90. The van der Waals surface area contributed by atoms with Gasteiger partial charge in [0.15, 0.2) is 6.20 Å². The van der Waals surface area contributed by atoms with Crippen LogP contribution in [0.3, 0.4) is 0 Å². The molecule has 1 saturated carbocycles. The van der Waals surface area contributed by atoms with Gasteiger partial charge in [0, 0.05) is 49.4 Å². The third-order valence-corrected chi connectivity index (χ3v) is 9.78. The minimum absolute atomic E-state index is 0.0434. The van der Waals surface area contributed by atoms with Crippen molar-refractivity contribution in [2.45, 2.75) is 122 Å². The molecule has 0 N–H and O–H groups in total. The molecule has 1 aromatic rings. The Morgan fingerprint density at radius 1 is 0.957 bits per heavy atom. The van der Waals surface area contributed by atoms with Crippen molar-refractivity contribution >= 4 is 23.9 Å². The van der Waals surface area contributed by atoms with Gasteiger partial charge in [-0.25, -0.2) is 9.97 Å². The molecule has 1 aliphatic heterocycles. The van der Waals surface area contributed by atoms with Gasteiger partial charge in [-0.15, -0.1) is 0 Å². The summed E-state index contributed by atoms with van der Waals surface area (Å²) < 4.78 is 19.9. The van der Waals surface area contributed by atoms with Crippen LogP contribution in [0.15, 0.2) is 30.9 Å². The first-order valence-corrected chi connectivity index (χ1v) is 19.2. The Morgan fingerprint density at radius 3 is 2.41 bits per heavy atom. The predicted molar refractivity (Wildman–Crippen MR) is 184 cm³/mol. The van der Waals surface area contributed by atoms with E-state index in [9.17, 15) is 9.90 Å². The number of thioether (sulfide) groups is 1. The van der Waals surface area contributed by atoms with Crippen LogP contribution < -0.4 is 9.84 Å². The summed E-state index contributed by atoms with van der Waals surface area (Å²) in [4.78, 5) is 21.1. The molecule has 9 nitrogen and oxygen atoms in total. The van der Waals surface area contributed by atoms with Gasteiger partial charge >= 0.3 is 6.01 Å². The molecule has 1 atom stereocenters. The fourth-order valence-electron chi connectivity index (χ4n) is 6.07. The smallest absolute Gasteiger partial charge is 0.316 e. The monoisotopic (exact) mass is 660 g/mol. The highest BCUT2D eigenvalue weighted by atomic mass is 32.2. The van der Waals surface area contributed by atoms with E-state index >= 15 is 0 Å². The predicted octanol–water partition coefficient (Wildman–Crippen LogP) is 6.22. The van der Waals surface area contributed by atoms with Crippen molar-refractivity contribution in [3.8, 4) is 6.01 Å². The molecular weight excluding hydrogens is 600 g/mol. The maximum Gasteiger partial charge on any atom is 0.316 e. The molecule has 260 valence electrons. The number of unbranched alkanes of at least 4 members (excludes halogenated alkanes) is 9. The molecule has 0 saturated heterocycles. The largest absolute Gasteiger partial charge is 0.550 e. The Morgan fingerprint density at radius 2 is 1.67 bits per heavy atom. The Hall–Kier alpha value is -2.17. The van der Waals surface area contributed by atoms with Gasteiger partial charge in [-0.3, -0.25) is 0 Å². The summed E-state index contributed by atoms with van der Waals surface area (Å²) in [5, 5.41) is 10.6. The third kappa shape index (κ3) is 19.5. The molecule has 2 aliphatic rings. The molecule has 0 spiro atoms. The number of hydrogen-bond acceptors (Lipinski definition) is 9. The molecule has 0 aromatic carbocycles. The third-order valence-electron chi connectivity index (χ3n) is 8.72. The van der Waals surface area contributed by atoms with Crippen LogP contribution in [0.25, 0.3) is 0 Å². The van der Waals surface area contributed by atoms with Gasteiger partial charge in [-0.05, 0) is 24.8 Å². The van der Waals surface area contributed by atoms with Crippen LogP contribution in [0.5, 0.6) is 6.01 Å². The summed E-state index contributed by atoms with van der Waals surface area (Å²) >= 11 is 1.79. The van der Waals surface area contributed by atoms with Crippen molar-refractivity contribution < 1.29 is 28.7 Å². The van der Waals surface area contributed by atoms with Crippen LogP contribution in [-0.2, 0) is 14.3 Å². The molecule has 0 bridgehead atoms. The summed E-state index contributed by atoms with van der Waals surface area (Å²) in [5.74, 6) is 1.68. The van der Waals surface area contributed by atoms with Gasteiger partial charge in [0.25, 0.3) is 0 Å². The van der Waals surface area contributed by atoms with Crippen molar-refractivity contribution in [3.63, 3.8) is 0 Å². The Labute approximate surface area is 282 Å². The van der Waals surface area contributed by atoms with E-state index in [-0.39, 0.29) is 12.5 Å². The van der Waals surface area contributed by atoms with Crippen molar-refractivity contribution in [3.05, 3.63) is 30.9 Å². The van der Waals surface area contributed by atoms with E-state index < -0.39 is 5.97 Å². The molecule has 1 aromatic heterocycles. The molecule has 2 heterocycles. The minimum atomic E-state index is -1.02. The second kappa shape index (κ2) is 25.9. The maximum absolute atomic E-state index is 10.6. The summed E-state index contributed by atoms with van der Waals surface area (Å²) in [7, 11) is 0. The van der Waals surface area contributed by atoms with Gasteiger partial charge in [-0.2, -0.15) is 16.3 Å². The zero-order valence-electron chi connectivity index (χ0n) is 28.2. The molecular formula is C36H60N4O5S. The van der Waals surface area contributed by atoms with Gasteiger partial charge in [0.05, 0.1) is 26.0 Å². The standard InChI is InChI=1S/C36H60N4O5S/c41-35(42)19-14-22-39-23-24-40(32-39)25-27-43-28-29-46-31-34(45-36-37-20-15-21-38-36)30-44-26-13-8-6-4-2-1-3-5-7-10-16-33-17-11-9-12-18-33/h15,20-24,33-34H,1-14,16-19,25-32H2. The van der Waals surface area contributed by atoms with Crippen LogP contribution in [-0.4, -0.2) is 88.9 Å². The van der Waals surface area contributed by atoms with E-state index in [0.717, 1.165) is 37.0 Å². The van der Waals surface area contributed by atoms with Gasteiger partial charge in [0.2, 0.25) is 6.67 Å². The zero-order chi connectivity index (χ0) is 32.3. The van der Waals surface area contributed by atoms with Gasteiger partial charge < -0.3 is 29.0 Å². The van der Waals surface area contributed by atoms with Gasteiger partial charge in [0.1, 0.15) is 12.3 Å². The summed E-state index contributed by atoms with van der Waals surface area (Å²) in [6, 6.07) is 2.18. The van der Waals surface area contributed by atoms with Crippen LogP contribution in [0, 0.1) is 5.92 Å². The van der Waals surface area contributed by atoms with Crippen LogP contribution in [0.2, 0.25) is 0 Å². The first-order chi connectivity index (χ1) is 22.7. The van der Waals surface area contributed by atoms with Crippen molar-refractivity contribution in [2.24, 2.45) is 5.92 Å². The molecule has 0 amide bonds. The molecule has 1 fully saturated rings. The summed E-state index contributed by atoms with van der Waals surface area (Å²) in [6.07, 6.45) is 32.0. The summed E-state index contributed by atoms with van der Waals surface area (Å²) in [5.41, 5.74) is 0. The van der Waals surface area contributed by atoms with Crippen LogP contribution in [0.4, 0.5) is 0 Å². The van der Waals surface area contributed by atoms with E-state index in [1.807, 2.05) is 23.2 Å². The average Bonchev–Trinajstić information content (AvgIpc) is 3.52. The second-order valence-corrected chi connectivity index (χ2v) is 13.9. The highest BCUT2D eigenvalue weighted by Gasteiger charge is 2.16. The van der Waals surface area contributed by atoms with E-state index in [0.29, 0.717) is 38.9 Å². The van der Waals surface area contributed by atoms with E-state index in [1.54, 1.807) is 30.2 Å². The normalized spacial score (nSPS) is 16.8. The lowest BCUT2D eigenvalue weighted by Crippen LogP contribution is -2.27. The number of carboxylic acids is 1. The lowest BCUT2D eigenvalue weighted by Gasteiger charge is -2.21. The van der Waals surface area contributed by atoms with Crippen LogP contribution >= 0.6 is 11.8 Å². The maximum atomic E-state index is 10.6. The number of rotatable bonds is 28. The average molecular weight is 661 g/mol.